The SMILES string of the molecule is CC(Cc1ccc(Cl)cc1Cl)C(=O)NC(CN)C1CC1. The summed E-state index contributed by atoms with van der Waals surface area (Å²) in [6.45, 7) is 2.41. The van der Waals surface area contributed by atoms with Crippen LogP contribution in [0.25, 0.3) is 0 Å². The van der Waals surface area contributed by atoms with Gasteiger partial charge in [-0.3, -0.25) is 4.79 Å². The van der Waals surface area contributed by atoms with Crippen molar-refractivity contribution >= 4 is 29.1 Å². The van der Waals surface area contributed by atoms with Crippen LogP contribution < -0.4 is 11.1 Å². The van der Waals surface area contributed by atoms with E-state index >= 15 is 0 Å². The average Bonchev–Trinajstić information content (AvgIpc) is 3.23. The van der Waals surface area contributed by atoms with Crippen LogP contribution in [0.2, 0.25) is 10.0 Å². The number of rotatable bonds is 6. The second kappa shape index (κ2) is 6.79. The van der Waals surface area contributed by atoms with Gasteiger partial charge in [-0.05, 0) is 42.9 Å². The number of carbonyl (C=O) groups excluding carboxylic acids is 1. The van der Waals surface area contributed by atoms with Crippen LogP contribution >= 0.6 is 23.2 Å². The fraction of sp³-hybridized carbons (Fsp3) is 0.533. The summed E-state index contributed by atoms with van der Waals surface area (Å²) < 4.78 is 0. The normalized spacial score (nSPS) is 17.6. The van der Waals surface area contributed by atoms with Gasteiger partial charge in [-0.15, -0.1) is 0 Å². The average molecular weight is 315 g/mol. The van der Waals surface area contributed by atoms with Crippen molar-refractivity contribution in [1.29, 1.82) is 0 Å². The molecule has 1 aromatic rings. The first-order valence-electron chi connectivity index (χ1n) is 6.95. The number of nitrogens with one attached hydrogen (secondary N) is 1. The van der Waals surface area contributed by atoms with Gasteiger partial charge in [0.2, 0.25) is 5.91 Å². The van der Waals surface area contributed by atoms with E-state index in [2.05, 4.69) is 5.32 Å². The van der Waals surface area contributed by atoms with Gasteiger partial charge in [0.05, 0.1) is 0 Å². The third-order valence-electron chi connectivity index (χ3n) is 3.76. The number of amides is 1. The molecule has 2 unspecified atom stereocenters. The van der Waals surface area contributed by atoms with Crippen molar-refractivity contribution in [2.75, 3.05) is 6.54 Å². The highest BCUT2D eigenvalue weighted by atomic mass is 35.5. The maximum Gasteiger partial charge on any atom is 0.223 e. The second-order valence-corrected chi connectivity index (χ2v) is 6.37. The van der Waals surface area contributed by atoms with Crippen LogP contribution in [0.5, 0.6) is 0 Å². The van der Waals surface area contributed by atoms with Crippen molar-refractivity contribution < 1.29 is 4.79 Å². The van der Waals surface area contributed by atoms with Crippen molar-refractivity contribution in [2.45, 2.75) is 32.2 Å². The van der Waals surface area contributed by atoms with Crippen LogP contribution in [0.15, 0.2) is 18.2 Å². The van der Waals surface area contributed by atoms with E-state index in [0.29, 0.717) is 28.9 Å². The Morgan fingerprint density at radius 3 is 2.70 bits per heavy atom. The number of hydrogen-bond acceptors (Lipinski definition) is 2. The van der Waals surface area contributed by atoms with Crippen LogP contribution in [-0.2, 0) is 11.2 Å². The summed E-state index contributed by atoms with van der Waals surface area (Å²) in [5, 5.41) is 4.26. The highest BCUT2D eigenvalue weighted by Gasteiger charge is 2.32. The largest absolute Gasteiger partial charge is 0.352 e. The standard InChI is InChI=1S/C15H20Cl2N2O/c1-9(6-11-4-5-12(16)7-13(11)17)15(20)19-14(8-18)10-2-3-10/h4-5,7,9-10,14H,2-3,6,8,18H2,1H3,(H,19,20). The van der Waals surface area contributed by atoms with E-state index in [1.165, 1.54) is 12.8 Å². The van der Waals surface area contributed by atoms with Crippen LogP contribution in [0.4, 0.5) is 0 Å². The van der Waals surface area contributed by atoms with Gasteiger partial charge in [-0.25, -0.2) is 0 Å². The fourth-order valence-electron chi connectivity index (χ4n) is 2.30. The first kappa shape index (κ1) is 15.6. The number of hydrogen-bond donors (Lipinski definition) is 2. The molecule has 0 aliphatic heterocycles. The summed E-state index contributed by atoms with van der Waals surface area (Å²) in [7, 11) is 0. The van der Waals surface area contributed by atoms with Gasteiger partial charge < -0.3 is 11.1 Å². The molecule has 1 aliphatic carbocycles. The number of benzene rings is 1. The zero-order chi connectivity index (χ0) is 14.7. The van der Waals surface area contributed by atoms with Gasteiger partial charge in [0.15, 0.2) is 0 Å². The lowest BCUT2D eigenvalue weighted by Crippen LogP contribution is -2.44. The molecule has 2 atom stereocenters. The van der Waals surface area contributed by atoms with E-state index in [9.17, 15) is 4.79 Å². The molecule has 1 aliphatic rings. The fourth-order valence-corrected chi connectivity index (χ4v) is 2.79. The Balaban J connectivity index is 1.93. The van der Waals surface area contributed by atoms with Crippen LogP contribution in [-0.4, -0.2) is 18.5 Å². The van der Waals surface area contributed by atoms with Gasteiger partial charge in [-0.1, -0.05) is 36.2 Å². The maximum atomic E-state index is 12.2. The zero-order valence-corrected chi connectivity index (χ0v) is 13.0. The lowest BCUT2D eigenvalue weighted by atomic mass is 9.99. The Kier molecular flexibility index (Phi) is 5.30. The lowest BCUT2D eigenvalue weighted by Gasteiger charge is -2.19. The molecule has 5 heteroatoms. The molecule has 0 heterocycles. The first-order chi connectivity index (χ1) is 9.51. The predicted octanol–water partition coefficient (Wildman–Crippen LogP) is 3.03. The molecule has 3 nitrogen and oxygen atoms in total. The first-order valence-corrected chi connectivity index (χ1v) is 7.71. The molecule has 1 fully saturated rings. The van der Waals surface area contributed by atoms with Gasteiger partial charge >= 0.3 is 0 Å². The summed E-state index contributed by atoms with van der Waals surface area (Å²) >= 11 is 12.0. The summed E-state index contributed by atoms with van der Waals surface area (Å²) in [5.74, 6) is 0.468. The molecular weight excluding hydrogens is 295 g/mol. The van der Waals surface area contributed by atoms with Crippen molar-refractivity contribution in [3.8, 4) is 0 Å². The van der Waals surface area contributed by atoms with Crippen molar-refractivity contribution in [3.05, 3.63) is 33.8 Å². The number of nitrogens with two attached hydrogens (primary N) is 1. The maximum absolute atomic E-state index is 12.2. The topological polar surface area (TPSA) is 55.1 Å². The van der Waals surface area contributed by atoms with Crippen LogP contribution in [0.1, 0.15) is 25.3 Å². The molecular formula is C15H20Cl2N2O. The molecule has 0 spiro atoms. The van der Waals surface area contributed by atoms with E-state index in [-0.39, 0.29) is 17.9 Å². The molecule has 3 N–H and O–H groups in total. The third kappa shape index (κ3) is 4.11. The molecule has 110 valence electrons. The van der Waals surface area contributed by atoms with Gasteiger partial charge in [0.25, 0.3) is 0 Å². The molecule has 20 heavy (non-hydrogen) atoms. The molecule has 0 aromatic heterocycles. The molecule has 2 rings (SSSR count). The van der Waals surface area contributed by atoms with E-state index < -0.39 is 0 Å². The van der Waals surface area contributed by atoms with E-state index in [4.69, 9.17) is 28.9 Å². The highest BCUT2D eigenvalue weighted by Crippen LogP contribution is 2.32. The summed E-state index contributed by atoms with van der Waals surface area (Å²) in [5.41, 5.74) is 6.64. The highest BCUT2D eigenvalue weighted by molar-refractivity contribution is 6.35. The molecule has 1 saturated carbocycles. The molecule has 0 saturated heterocycles. The Bertz CT molecular complexity index is 489. The quantitative estimate of drug-likeness (QED) is 0.848. The zero-order valence-electron chi connectivity index (χ0n) is 11.5. The number of carbonyl (C=O) groups is 1. The van der Waals surface area contributed by atoms with Crippen LogP contribution in [0.3, 0.4) is 0 Å². The Hall–Kier alpha value is -0.770. The predicted molar refractivity (Wildman–Crippen MR) is 83.0 cm³/mol. The molecule has 1 amide bonds. The van der Waals surface area contributed by atoms with Crippen molar-refractivity contribution in [2.24, 2.45) is 17.6 Å². The number of halogens is 2. The van der Waals surface area contributed by atoms with Gasteiger partial charge in [0, 0.05) is 28.5 Å². The van der Waals surface area contributed by atoms with Crippen LogP contribution in [0, 0.1) is 11.8 Å². The minimum atomic E-state index is -0.138. The second-order valence-electron chi connectivity index (χ2n) is 5.53. The lowest BCUT2D eigenvalue weighted by molar-refractivity contribution is -0.125. The Morgan fingerprint density at radius 2 is 2.15 bits per heavy atom. The summed E-state index contributed by atoms with van der Waals surface area (Å²) in [6.07, 6.45) is 2.93. The van der Waals surface area contributed by atoms with Crippen molar-refractivity contribution in [3.63, 3.8) is 0 Å². The molecule has 1 aromatic carbocycles. The third-order valence-corrected chi connectivity index (χ3v) is 4.35. The van der Waals surface area contributed by atoms with Crippen molar-refractivity contribution in [1.82, 2.24) is 5.32 Å². The minimum Gasteiger partial charge on any atom is -0.352 e. The molecule has 0 bridgehead atoms. The Labute approximate surface area is 129 Å². The summed E-state index contributed by atoms with van der Waals surface area (Å²) in [6, 6.07) is 5.48. The monoisotopic (exact) mass is 314 g/mol. The van der Waals surface area contributed by atoms with E-state index in [0.717, 1.165) is 5.56 Å². The smallest absolute Gasteiger partial charge is 0.223 e. The van der Waals surface area contributed by atoms with Gasteiger partial charge in [0.1, 0.15) is 0 Å². The Morgan fingerprint density at radius 1 is 1.45 bits per heavy atom. The minimum absolute atomic E-state index is 0.0402. The van der Waals surface area contributed by atoms with Gasteiger partial charge in [-0.2, -0.15) is 0 Å². The van der Waals surface area contributed by atoms with E-state index in [1.54, 1.807) is 12.1 Å². The van der Waals surface area contributed by atoms with E-state index in [1.807, 2.05) is 13.0 Å². The molecule has 0 radical (unpaired) electrons. The summed E-state index contributed by atoms with van der Waals surface area (Å²) in [4.78, 5) is 12.2.